The molecule has 1 N–H and O–H groups in total. The predicted octanol–water partition coefficient (Wildman–Crippen LogP) is 3.07. The van der Waals surface area contributed by atoms with E-state index in [1.807, 2.05) is 18.2 Å². The molecule has 0 aromatic heterocycles. The van der Waals surface area contributed by atoms with E-state index in [2.05, 4.69) is 22.0 Å². The van der Waals surface area contributed by atoms with Gasteiger partial charge in [0.25, 0.3) is 0 Å². The minimum absolute atomic E-state index is 0.0820. The van der Waals surface area contributed by atoms with Crippen molar-refractivity contribution >= 4 is 17.5 Å². The molecule has 2 fully saturated rings. The Balaban J connectivity index is 1.30. The maximum absolute atomic E-state index is 12.7. The van der Waals surface area contributed by atoms with E-state index in [0.29, 0.717) is 6.42 Å². The molecule has 0 spiro atoms. The molecule has 3 aliphatic rings. The van der Waals surface area contributed by atoms with Crippen LogP contribution in [0.2, 0.25) is 5.02 Å². The summed E-state index contributed by atoms with van der Waals surface area (Å²) in [5.74, 6) is 1.03. The van der Waals surface area contributed by atoms with Crippen LogP contribution >= 0.6 is 11.6 Å². The minimum Gasteiger partial charge on any atom is -0.489 e. The molecule has 2 aliphatic heterocycles. The topological polar surface area (TPSA) is 54.0 Å². The largest absolute Gasteiger partial charge is 0.489 e. The number of hydrogen-bond acceptors (Lipinski definition) is 5. The Morgan fingerprint density at radius 3 is 2.80 bits per heavy atom. The first-order chi connectivity index (χ1) is 14.5. The number of hydrogen-bond donors (Lipinski definition) is 1. The van der Waals surface area contributed by atoms with Crippen LogP contribution in [0.4, 0.5) is 0 Å². The van der Waals surface area contributed by atoms with E-state index in [0.717, 1.165) is 68.8 Å². The predicted molar refractivity (Wildman–Crippen MR) is 118 cm³/mol. The monoisotopic (exact) mass is 435 g/mol. The Kier molecular flexibility index (Phi) is 7.19. The van der Waals surface area contributed by atoms with Crippen molar-refractivity contribution in [1.29, 1.82) is 0 Å². The molecule has 1 aliphatic carbocycles. The molecule has 1 aromatic carbocycles. The van der Waals surface area contributed by atoms with Crippen molar-refractivity contribution in [3.05, 3.63) is 28.8 Å². The van der Waals surface area contributed by atoms with Gasteiger partial charge in [-0.1, -0.05) is 24.4 Å². The molecule has 0 unspecified atom stereocenters. The number of morpholine rings is 1. The highest BCUT2D eigenvalue weighted by Crippen LogP contribution is 2.35. The molecule has 1 aromatic rings. The second-order valence-electron chi connectivity index (χ2n) is 8.97. The molecule has 4 rings (SSSR count). The van der Waals surface area contributed by atoms with Crippen molar-refractivity contribution < 1.29 is 14.3 Å². The van der Waals surface area contributed by atoms with Crippen molar-refractivity contribution in [2.24, 2.45) is 0 Å². The third kappa shape index (κ3) is 5.28. The quantitative estimate of drug-likeness (QED) is 0.744. The number of benzene rings is 1. The van der Waals surface area contributed by atoms with E-state index in [9.17, 15) is 4.79 Å². The normalized spacial score (nSPS) is 24.7. The number of rotatable bonds is 6. The summed E-state index contributed by atoms with van der Waals surface area (Å²) in [5, 5.41) is 3.97. The number of nitrogens with one attached hydrogen (secondary N) is 1. The third-order valence-corrected chi connectivity index (χ3v) is 6.98. The first-order valence-electron chi connectivity index (χ1n) is 11.3. The molecular weight excluding hydrogens is 402 g/mol. The van der Waals surface area contributed by atoms with Crippen LogP contribution in [0, 0.1) is 0 Å². The van der Waals surface area contributed by atoms with Crippen LogP contribution in [0.1, 0.15) is 44.6 Å². The van der Waals surface area contributed by atoms with E-state index in [-0.39, 0.29) is 17.6 Å². The summed E-state index contributed by atoms with van der Waals surface area (Å²) >= 11 is 6.17. The Labute approximate surface area is 184 Å². The fraction of sp³-hybridized carbons (Fsp3) is 0.696. The summed E-state index contributed by atoms with van der Waals surface area (Å²) in [6.45, 7) is 8.66. The fourth-order valence-corrected chi connectivity index (χ4v) is 5.36. The third-order valence-electron chi connectivity index (χ3n) is 6.75. The van der Waals surface area contributed by atoms with Gasteiger partial charge in [0.2, 0.25) is 5.91 Å². The molecule has 6 nitrogen and oxygen atoms in total. The van der Waals surface area contributed by atoms with E-state index >= 15 is 0 Å². The van der Waals surface area contributed by atoms with Crippen LogP contribution in [0.3, 0.4) is 0 Å². The van der Waals surface area contributed by atoms with Gasteiger partial charge in [-0.3, -0.25) is 14.6 Å². The summed E-state index contributed by atoms with van der Waals surface area (Å²) in [6.07, 6.45) is 5.43. The van der Waals surface area contributed by atoms with E-state index in [1.165, 1.54) is 25.7 Å². The van der Waals surface area contributed by atoms with Crippen molar-refractivity contribution in [3.63, 3.8) is 0 Å². The highest BCUT2D eigenvalue weighted by molar-refractivity contribution is 6.30. The van der Waals surface area contributed by atoms with Gasteiger partial charge < -0.3 is 14.8 Å². The van der Waals surface area contributed by atoms with Gasteiger partial charge >= 0.3 is 0 Å². The number of ether oxygens (including phenoxy) is 2. The number of halogens is 1. The summed E-state index contributed by atoms with van der Waals surface area (Å²) in [6, 6.07) is 5.77. The highest BCUT2D eigenvalue weighted by atomic mass is 35.5. The molecule has 1 saturated carbocycles. The summed E-state index contributed by atoms with van der Waals surface area (Å²) in [7, 11) is 0. The first-order valence-corrected chi connectivity index (χ1v) is 11.7. The summed E-state index contributed by atoms with van der Waals surface area (Å²) in [5.41, 5.74) is 1.21. The van der Waals surface area contributed by atoms with Crippen LogP contribution < -0.4 is 10.1 Å². The standard InChI is InChI=1S/C23H34ClN3O3/c1-18-15-26(16-19-14-20(24)4-5-21(19)30-18)9-6-22(28)25-17-23(7-2-3-8-23)27-10-12-29-13-11-27/h4-5,14,18H,2-3,6-13,15-17H2,1H3,(H,25,28)/t18-/m0/s1. The fourth-order valence-electron chi connectivity index (χ4n) is 5.17. The zero-order valence-electron chi connectivity index (χ0n) is 18.0. The second-order valence-corrected chi connectivity index (χ2v) is 9.41. The number of carbonyl (C=O) groups excluding carboxylic acids is 1. The van der Waals surface area contributed by atoms with Crippen molar-refractivity contribution in [1.82, 2.24) is 15.1 Å². The van der Waals surface area contributed by atoms with E-state index < -0.39 is 0 Å². The van der Waals surface area contributed by atoms with Gasteiger partial charge in [-0.15, -0.1) is 0 Å². The minimum atomic E-state index is 0.0820. The highest BCUT2D eigenvalue weighted by Gasteiger charge is 2.40. The van der Waals surface area contributed by atoms with Gasteiger partial charge in [-0.05, 0) is 38.0 Å². The van der Waals surface area contributed by atoms with Gasteiger partial charge in [0.05, 0.1) is 13.2 Å². The smallest absolute Gasteiger partial charge is 0.221 e. The van der Waals surface area contributed by atoms with Crippen LogP contribution in [0.15, 0.2) is 18.2 Å². The molecule has 0 bridgehead atoms. The van der Waals surface area contributed by atoms with Gasteiger partial charge in [0.15, 0.2) is 0 Å². The number of nitrogens with zero attached hydrogens (tertiary/aromatic N) is 2. The van der Waals surface area contributed by atoms with Gasteiger partial charge in [-0.2, -0.15) is 0 Å². The Hall–Kier alpha value is -1.34. The lowest BCUT2D eigenvalue weighted by Crippen LogP contribution is -2.57. The first kappa shape index (κ1) is 21.9. The van der Waals surface area contributed by atoms with Crippen molar-refractivity contribution in [2.75, 3.05) is 45.9 Å². The lowest BCUT2D eigenvalue weighted by atomic mass is 9.94. The Morgan fingerprint density at radius 1 is 1.27 bits per heavy atom. The molecule has 1 atom stereocenters. The van der Waals surface area contributed by atoms with Crippen LogP contribution in [-0.2, 0) is 16.1 Å². The van der Waals surface area contributed by atoms with Crippen LogP contribution in [0.25, 0.3) is 0 Å². The molecule has 166 valence electrons. The average Bonchev–Trinajstić information content (AvgIpc) is 3.17. The molecule has 1 amide bonds. The SMILES string of the molecule is C[C@H]1CN(CCC(=O)NCC2(N3CCOCC3)CCCC2)Cc2cc(Cl)ccc2O1. The molecule has 1 saturated heterocycles. The maximum Gasteiger partial charge on any atom is 0.221 e. The van der Waals surface area contributed by atoms with E-state index in [4.69, 9.17) is 21.1 Å². The van der Waals surface area contributed by atoms with Crippen molar-refractivity contribution in [3.8, 4) is 5.75 Å². The average molecular weight is 436 g/mol. The molecule has 30 heavy (non-hydrogen) atoms. The Morgan fingerprint density at radius 2 is 2.03 bits per heavy atom. The maximum atomic E-state index is 12.7. The summed E-state index contributed by atoms with van der Waals surface area (Å²) in [4.78, 5) is 17.5. The zero-order chi connectivity index (χ0) is 21.0. The molecular formula is C23H34ClN3O3. The number of carbonyl (C=O) groups is 1. The van der Waals surface area contributed by atoms with Gasteiger partial charge in [0.1, 0.15) is 11.9 Å². The van der Waals surface area contributed by atoms with Gasteiger partial charge in [-0.25, -0.2) is 0 Å². The second kappa shape index (κ2) is 9.86. The molecule has 0 radical (unpaired) electrons. The van der Waals surface area contributed by atoms with Crippen molar-refractivity contribution in [2.45, 2.75) is 57.2 Å². The number of fused-ring (bicyclic) bond motifs is 1. The lowest BCUT2D eigenvalue weighted by molar-refractivity contribution is -0.122. The molecule has 2 heterocycles. The van der Waals surface area contributed by atoms with E-state index in [1.54, 1.807) is 0 Å². The van der Waals surface area contributed by atoms with Crippen LogP contribution in [0.5, 0.6) is 5.75 Å². The Bertz CT molecular complexity index is 732. The number of amides is 1. The van der Waals surface area contributed by atoms with Gasteiger partial charge in [0, 0.05) is 61.8 Å². The summed E-state index contributed by atoms with van der Waals surface area (Å²) < 4.78 is 11.6. The molecule has 7 heteroatoms. The van der Waals surface area contributed by atoms with Crippen LogP contribution in [-0.4, -0.2) is 73.3 Å². The lowest BCUT2D eigenvalue weighted by Gasteiger charge is -2.43. The zero-order valence-corrected chi connectivity index (χ0v) is 18.8.